The molecule has 2 aromatic carbocycles. The molecule has 0 saturated heterocycles. The summed E-state index contributed by atoms with van der Waals surface area (Å²) in [6, 6.07) is 15.3. The zero-order chi connectivity index (χ0) is 12.3. The normalized spacial score (nSPS) is 14.2. The maximum atomic E-state index is 12.7. The molecule has 0 spiro atoms. The minimum absolute atomic E-state index is 0.510. The molecular formula is C12H11ClNO2P. The van der Waals surface area contributed by atoms with Crippen molar-refractivity contribution in [1.29, 1.82) is 0 Å². The summed E-state index contributed by atoms with van der Waals surface area (Å²) >= 11 is 5.78. The van der Waals surface area contributed by atoms with Crippen LogP contribution in [0.1, 0.15) is 0 Å². The van der Waals surface area contributed by atoms with Gasteiger partial charge in [0.25, 0.3) is 0 Å². The number of hydrogen-bond donors (Lipinski definition) is 2. The van der Waals surface area contributed by atoms with Gasteiger partial charge in [0.05, 0.1) is 0 Å². The van der Waals surface area contributed by atoms with Crippen molar-refractivity contribution in [3.63, 3.8) is 0 Å². The largest absolute Gasteiger partial charge is 0.310 e. The molecule has 5 heteroatoms. The SMILES string of the molecule is O=P(NO)(c1ccccc1)c1ccc(Cl)cc1. The minimum Gasteiger partial charge on any atom is -0.310 e. The predicted octanol–water partition coefficient (Wildman–Crippen LogP) is 2.55. The summed E-state index contributed by atoms with van der Waals surface area (Å²) in [5.41, 5.74) is 0. The highest BCUT2D eigenvalue weighted by molar-refractivity contribution is 7.76. The minimum atomic E-state index is -3.18. The van der Waals surface area contributed by atoms with Gasteiger partial charge in [-0.1, -0.05) is 29.8 Å². The average molecular weight is 268 g/mol. The van der Waals surface area contributed by atoms with Gasteiger partial charge in [-0.15, -0.1) is 5.25 Å². The Kier molecular flexibility index (Phi) is 3.65. The van der Waals surface area contributed by atoms with Crippen LogP contribution < -0.4 is 15.9 Å². The number of hydrogen-bond acceptors (Lipinski definition) is 2. The molecule has 0 amide bonds. The van der Waals surface area contributed by atoms with Crippen LogP contribution in [0, 0.1) is 0 Å². The molecule has 0 aromatic heterocycles. The summed E-state index contributed by atoms with van der Waals surface area (Å²) in [7, 11) is -3.18. The van der Waals surface area contributed by atoms with Crippen LogP contribution in [0.5, 0.6) is 0 Å². The molecule has 0 saturated carbocycles. The molecule has 3 nitrogen and oxygen atoms in total. The first kappa shape index (κ1) is 12.3. The van der Waals surface area contributed by atoms with E-state index in [2.05, 4.69) is 0 Å². The highest BCUT2D eigenvalue weighted by Crippen LogP contribution is 2.37. The van der Waals surface area contributed by atoms with E-state index >= 15 is 0 Å². The highest BCUT2D eigenvalue weighted by Gasteiger charge is 2.25. The molecule has 1 atom stereocenters. The lowest BCUT2D eigenvalue weighted by molar-refractivity contribution is 0.245. The van der Waals surface area contributed by atoms with Crippen molar-refractivity contribution < 1.29 is 9.77 Å². The first-order valence-electron chi connectivity index (χ1n) is 5.00. The standard InChI is InChI=1S/C12H11ClNO2P/c13-10-6-8-12(9-7-10)17(16,14-15)11-4-2-1-3-5-11/h1-9,15H,(H,14,16). The highest BCUT2D eigenvalue weighted by atomic mass is 35.5. The second kappa shape index (κ2) is 5.03. The van der Waals surface area contributed by atoms with Gasteiger partial charge in [0.2, 0.25) is 7.29 Å². The molecular weight excluding hydrogens is 257 g/mol. The van der Waals surface area contributed by atoms with Crippen molar-refractivity contribution in [2.24, 2.45) is 0 Å². The third-order valence-electron chi connectivity index (χ3n) is 2.45. The Morgan fingerprint density at radius 3 is 2.00 bits per heavy atom. The van der Waals surface area contributed by atoms with Gasteiger partial charge in [0.1, 0.15) is 0 Å². The summed E-state index contributed by atoms with van der Waals surface area (Å²) in [6.07, 6.45) is 0. The van der Waals surface area contributed by atoms with E-state index in [1.807, 2.05) is 11.3 Å². The molecule has 0 fully saturated rings. The lowest BCUT2D eigenvalue weighted by atomic mass is 10.4. The first-order chi connectivity index (χ1) is 8.16. The molecule has 1 unspecified atom stereocenters. The van der Waals surface area contributed by atoms with Crippen molar-refractivity contribution in [1.82, 2.24) is 5.25 Å². The summed E-state index contributed by atoms with van der Waals surface area (Å²) in [6.45, 7) is 0. The van der Waals surface area contributed by atoms with E-state index in [9.17, 15) is 9.77 Å². The van der Waals surface area contributed by atoms with Crippen LogP contribution in [-0.4, -0.2) is 5.21 Å². The van der Waals surface area contributed by atoms with Gasteiger partial charge in [0, 0.05) is 15.6 Å². The Morgan fingerprint density at radius 2 is 1.47 bits per heavy atom. The molecule has 0 heterocycles. The van der Waals surface area contributed by atoms with Gasteiger partial charge in [-0.2, -0.15) is 0 Å². The van der Waals surface area contributed by atoms with Crippen LogP contribution in [0.15, 0.2) is 54.6 Å². The summed E-state index contributed by atoms with van der Waals surface area (Å²) in [5.74, 6) is 0. The molecule has 0 bridgehead atoms. The molecule has 17 heavy (non-hydrogen) atoms. The van der Waals surface area contributed by atoms with E-state index in [1.54, 1.807) is 48.5 Å². The number of benzene rings is 2. The van der Waals surface area contributed by atoms with Crippen LogP contribution >= 0.6 is 18.9 Å². The lowest BCUT2D eigenvalue weighted by Gasteiger charge is -2.16. The second-order valence-electron chi connectivity index (χ2n) is 3.52. The van der Waals surface area contributed by atoms with Crippen LogP contribution in [-0.2, 0) is 4.57 Å². The molecule has 0 radical (unpaired) electrons. The Balaban J connectivity index is 2.52. The van der Waals surface area contributed by atoms with Crippen molar-refractivity contribution >= 4 is 29.5 Å². The van der Waals surface area contributed by atoms with Gasteiger partial charge in [-0.25, -0.2) is 0 Å². The maximum absolute atomic E-state index is 12.7. The van der Waals surface area contributed by atoms with Crippen LogP contribution in [0.4, 0.5) is 0 Å². The quantitative estimate of drug-likeness (QED) is 0.664. The fourth-order valence-electron chi connectivity index (χ4n) is 1.55. The maximum Gasteiger partial charge on any atom is 0.226 e. The topological polar surface area (TPSA) is 49.3 Å². The number of rotatable bonds is 3. The van der Waals surface area contributed by atoms with Gasteiger partial charge in [-0.05, 0) is 36.4 Å². The number of nitrogens with one attached hydrogen (secondary N) is 1. The van der Waals surface area contributed by atoms with Crippen LogP contribution in [0.2, 0.25) is 5.02 Å². The number of halogens is 1. The molecule has 0 aliphatic rings. The van der Waals surface area contributed by atoms with Crippen molar-refractivity contribution in [2.45, 2.75) is 0 Å². The van der Waals surface area contributed by atoms with Gasteiger partial charge in [-0.3, -0.25) is 4.57 Å². The van der Waals surface area contributed by atoms with Crippen molar-refractivity contribution in [3.05, 3.63) is 59.6 Å². The first-order valence-corrected chi connectivity index (χ1v) is 7.08. The zero-order valence-electron chi connectivity index (χ0n) is 8.88. The van der Waals surface area contributed by atoms with Crippen LogP contribution in [0.25, 0.3) is 0 Å². The van der Waals surface area contributed by atoms with Crippen molar-refractivity contribution in [3.8, 4) is 0 Å². The Morgan fingerprint density at radius 1 is 0.941 bits per heavy atom. The predicted molar refractivity (Wildman–Crippen MR) is 69.7 cm³/mol. The summed E-state index contributed by atoms with van der Waals surface area (Å²) in [5, 5.41) is 12.8. The molecule has 0 aliphatic heterocycles. The van der Waals surface area contributed by atoms with Crippen molar-refractivity contribution in [2.75, 3.05) is 0 Å². The molecule has 2 N–H and O–H groups in total. The average Bonchev–Trinajstić information content (AvgIpc) is 2.40. The Labute approximate surface area is 104 Å². The van der Waals surface area contributed by atoms with E-state index in [4.69, 9.17) is 11.6 Å². The molecule has 2 aromatic rings. The monoisotopic (exact) mass is 267 g/mol. The Bertz CT molecular complexity index is 542. The molecule has 0 aliphatic carbocycles. The van der Waals surface area contributed by atoms with Gasteiger partial charge < -0.3 is 5.21 Å². The lowest BCUT2D eigenvalue weighted by Crippen LogP contribution is -2.25. The van der Waals surface area contributed by atoms with E-state index in [-0.39, 0.29) is 0 Å². The van der Waals surface area contributed by atoms with E-state index < -0.39 is 7.29 Å². The molecule has 88 valence electrons. The summed E-state index contributed by atoms with van der Waals surface area (Å²) < 4.78 is 12.7. The fraction of sp³-hybridized carbons (Fsp3) is 0. The smallest absolute Gasteiger partial charge is 0.226 e. The summed E-state index contributed by atoms with van der Waals surface area (Å²) in [4.78, 5) is 0. The van der Waals surface area contributed by atoms with E-state index in [1.165, 1.54) is 0 Å². The van der Waals surface area contributed by atoms with E-state index in [0.29, 0.717) is 15.6 Å². The third kappa shape index (κ3) is 2.43. The van der Waals surface area contributed by atoms with Gasteiger partial charge >= 0.3 is 0 Å². The van der Waals surface area contributed by atoms with Gasteiger partial charge in [0.15, 0.2) is 0 Å². The zero-order valence-corrected chi connectivity index (χ0v) is 10.5. The van der Waals surface area contributed by atoms with E-state index in [0.717, 1.165) is 0 Å². The fourth-order valence-corrected chi connectivity index (χ4v) is 3.37. The second-order valence-corrected chi connectivity index (χ2v) is 6.41. The molecule has 2 rings (SSSR count). The third-order valence-corrected chi connectivity index (χ3v) is 5.04. The Hall–Kier alpha value is -1.12. The van der Waals surface area contributed by atoms with Crippen LogP contribution in [0.3, 0.4) is 0 Å².